The Morgan fingerprint density at radius 1 is 1.06 bits per heavy atom. The van der Waals surface area contributed by atoms with E-state index < -0.39 is 0 Å². The standard InChI is InChI=1S/C23H19FN6O/c24-15-6-7-19(25-11-15)17-2-1-3-18-16(17)8-9-29-20(18)10-21(26-12-22(29)31)30-13-27-23(28-30)14-4-5-14/h1-3,6-7,10-11,13-14H,4-5,8-9,12H2. The predicted octanol–water partition coefficient (Wildman–Crippen LogP) is 3.04. The van der Waals surface area contributed by atoms with Gasteiger partial charge in [0.2, 0.25) is 5.91 Å². The second-order valence-corrected chi connectivity index (χ2v) is 8.01. The number of carbonyl (C=O) groups excluding carboxylic acids is 1. The number of carbonyl (C=O) groups is 1. The Morgan fingerprint density at radius 2 is 1.94 bits per heavy atom. The largest absolute Gasteiger partial charge is 0.310 e. The highest BCUT2D eigenvalue weighted by Crippen LogP contribution is 2.38. The minimum atomic E-state index is -0.365. The second-order valence-electron chi connectivity index (χ2n) is 8.01. The number of nitrogens with zero attached hydrogens (tertiary/aromatic N) is 6. The third-order valence-electron chi connectivity index (χ3n) is 5.96. The topological polar surface area (TPSA) is 76.3 Å². The molecule has 154 valence electrons. The van der Waals surface area contributed by atoms with Crippen molar-refractivity contribution in [3.8, 4) is 11.3 Å². The fraction of sp³-hybridized carbons (Fsp3) is 0.261. The zero-order valence-corrected chi connectivity index (χ0v) is 16.7. The molecule has 0 unspecified atom stereocenters. The first-order valence-electron chi connectivity index (χ1n) is 10.4. The van der Waals surface area contributed by atoms with Gasteiger partial charge in [-0.15, -0.1) is 5.10 Å². The number of fused-ring (bicyclic) bond motifs is 3. The molecular formula is C23H19FN6O. The molecular weight excluding hydrogens is 395 g/mol. The highest BCUT2D eigenvalue weighted by Gasteiger charge is 2.31. The average Bonchev–Trinajstić information content (AvgIpc) is 3.56. The highest BCUT2D eigenvalue weighted by atomic mass is 19.1. The van der Waals surface area contributed by atoms with E-state index in [9.17, 15) is 9.18 Å². The summed E-state index contributed by atoms with van der Waals surface area (Å²) in [6.45, 7) is 0.631. The second kappa shape index (κ2) is 6.94. The molecule has 0 saturated heterocycles. The molecule has 1 amide bonds. The molecule has 0 atom stereocenters. The summed E-state index contributed by atoms with van der Waals surface area (Å²) < 4.78 is 15.0. The molecule has 0 N–H and O–H groups in total. The maximum absolute atomic E-state index is 13.4. The molecule has 0 bridgehead atoms. The third-order valence-corrected chi connectivity index (χ3v) is 5.96. The van der Waals surface area contributed by atoms with Gasteiger partial charge in [0.05, 0.1) is 17.6 Å². The molecule has 4 heterocycles. The van der Waals surface area contributed by atoms with Crippen LogP contribution < -0.4 is 0 Å². The number of rotatable bonds is 2. The zero-order chi connectivity index (χ0) is 20.9. The van der Waals surface area contributed by atoms with Gasteiger partial charge in [0.25, 0.3) is 0 Å². The molecule has 6 rings (SSSR count). The van der Waals surface area contributed by atoms with E-state index in [1.165, 1.54) is 12.3 Å². The molecule has 0 spiro atoms. The lowest BCUT2D eigenvalue weighted by molar-refractivity contribution is -0.126. The van der Waals surface area contributed by atoms with E-state index in [0.717, 1.165) is 41.1 Å². The lowest BCUT2D eigenvalue weighted by Gasteiger charge is -2.31. The van der Waals surface area contributed by atoms with Crippen LogP contribution in [0.2, 0.25) is 0 Å². The van der Waals surface area contributed by atoms with Crippen molar-refractivity contribution < 1.29 is 9.18 Å². The quantitative estimate of drug-likeness (QED) is 0.646. The Labute approximate surface area is 178 Å². The Balaban J connectivity index is 1.45. The van der Waals surface area contributed by atoms with E-state index in [-0.39, 0.29) is 18.3 Å². The third kappa shape index (κ3) is 3.15. The molecule has 1 fully saturated rings. The van der Waals surface area contributed by atoms with Crippen molar-refractivity contribution in [3.63, 3.8) is 0 Å². The van der Waals surface area contributed by atoms with Crippen LogP contribution in [0, 0.1) is 5.82 Å². The van der Waals surface area contributed by atoms with Gasteiger partial charge >= 0.3 is 0 Å². The van der Waals surface area contributed by atoms with Gasteiger partial charge in [-0.1, -0.05) is 18.2 Å². The van der Waals surface area contributed by atoms with Crippen molar-refractivity contribution in [2.45, 2.75) is 25.2 Å². The molecule has 7 nitrogen and oxygen atoms in total. The lowest BCUT2D eigenvalue weighted by Crippen LogP contribution is -2.36. The highest BCUT2D eigenvalue weighted by molar-refractivity contribution is 6.06. The molecule has 2 aromatic heterocycles. The fourth-order valence-electron chi connectivity index (χ4n) is 4.23. The summed E-state index contributed by atoms with van der Waals surface area (Å²) >= 11 is 0. The van der Waals surface area contributed by atoms with Crippen molar-refractivity contribution in [1.29, 1.82) is 0 Å². The summed E-state index contributed by atoms with van der Waals surface area (Å²) in [6.07, 6.45) is 7.75. The summed E-state index contributed by atoms with van der Waals surface area (Å²) in [4.78, 5) is 27.8. The van der Waals surface area contributed by atoms with Crippen LogP contribution in [0.25, 0.3) is 17.0 Å². The van der Waals surface area contributed by atoms with Crippen LogP contribution in [0.15, 0.2) is 53.9 Å². The van der Waals surface area contributed by atoms with E-state index in [1.807, 2.05) is 24.3 Å². The fourth-order valence-corrected chi connectivity index (χ4v) is 4.23. The molecule has 3 aromatic rings. The van der Waals surface area contributed by atoms with Crippen LogP contribution in [0.4, 0.5) is 4.39 Å². The van der Waals surface area contributed by atoms with Gasteiger partial charge in [-0.05, 0) is 37.0 Å². The minimum absolute atomic E-state index is 0.0419. The first-order chi connectivity index (χ1) is 15.2. The van der Waals surface area contributed by atoms with Gasteiger partial charge in [0, 0.05) is 29.7 Å². The van der Waals surface area contributed by atoms with E-state index in [0.29, 0.717) is 30.4 Å². The number of hydrogen-bond acceptors (Lipinski definition) is 5. The Bertz CT molecular complexity index is 1260. The zero-order valence-electron chi connectivity index (χ0n) is 16.7. The lowest BCUT2D eigenvalue weighted by atomic mass is 9.90. The summed E-state index contributed by atoms with van der Waals surface area (Å²) in [5.41, 5.74) is 4.52. The van der Waals surface area contributed by atoms with Gasteiger partial charge in [-0.3, -0.25) is 14.8 Å². The van der Waals surface area contributed by atoms with Crippen molar-refractivity contribution in [1.82, 2.24) is 24.6 Å². The Kier molecular flexibility index (Phi) is 4.05. The van der Waals surface area contributed by atoms with Crippen LogP contribution in [-0.2, 0) is 11.2 Å². The maximum atomic E-state index is 13.4. The predicted molar refractivity (Wildman–Crippen MR) is 113 cm³/mol. The molecule has 1 saturated carbocycles. The smallest absolute Gasteiger partial charge is 0.248 e. The minimum Gasteiger partial charge on any atom is -0.310 e. The van der Waals surface area contributed by atoms with Crippen molar-refractivity contribution in [2.24, 2.45) is 4.99 Å². The van der Waals surface area contributed by atoms with E-state index in [1.54, 1.807) is 22.0 Å². The van der Waals surface area contributed by atoms with Crippen LogP contribution >= 0.6 is 0 Å². The van der Waals surface area contributed by atoms with Crippen LogP contribution in [0.1, 0.15) is 35.7 Å². The van der Waals surface area contributed by atoms with Gasteiger partial charge in [-0.25, -0.2) is 14.1 Å². The van der Waals surface area contributed by atoms with Crippen LogP contribution in [-0.4, -0.2) is 49.5 Å². The summed E-state index contributed by atoms with van der Waals surface area (Å²) in [5.74, 6) is 1.47. The number of pyridine rings is 1. The molecule has 2 aliphatic heterocycles. The van der Waals surface area contributed by atoms with Crippen LogP contribution in [0.3, 0.4) is 0 Å². The molecule has 3 aliphatic rings. The van der Waals surface area contributed by atoms with Crippen LogP contribution in [0.5, 0.6) is 0 Å². The van der Waals surface area contributed by atoms with Crippen molar-refractivity contribution >= 4 is 17.4 Å². The van der Waals surface area contributed by atoms with E-state index in [2.05, 4.69) is 20.1 Å². The number of allylic oxidation sites excluding steroid dienone is 1. The first-order valence-corrected chi connectivity index (χ1v) is 10.4. The van der Waals surface area contributed by atoms with Gasteiger partial charge < -0.3 is 4.90 Å². The van der Waals surface area contributed by atoms with Gasteiger partial charge in [-0.2, -0.15) is 0 Å². The summed E-state index contributed by atoms with van der Waals surface area (Å²) in [7, 11) is 0. The number of aromatic nitrogens is 4. The molecule has 1 aromatic carbocycles. The summed E-state index contributed by atoms with van der Waals surface area (Å²) in [6, 6.07) is 9.04. The maximum Gasteiger partial charge on any atom is 0.248 e. The number of hydrogen-bond donors (Lipinski definition) is 0. The number of amides is 1. The number of aliphatic imine (C=N–C) groups is 1. The molecule has 8 heteroatoms. The van der Waals surface area contributed by atoms with Gasteiger partial charge in [0.15, 0.2) is 11.7 Å². The first kappa shape index (κ1) is 18.1. The normalized spacial score (nSPS) is 18.1. The molecule has 1 aliphatic carbocycles. The van der Waals surface area contributed by atoms with E-state index in [4.69, 9.17) is 0 Å². The Hall–Kier alpha value is -3.68. The molecule has 0 radical (unpaired) electrons. The van der Waals surface area contributed by atoms with E-state index >= 15 is 0 Å². The monoisotopic (exact) mass is 414 g/mol. The number of halogens is 1. The SMILES string of the molecule is O=C1CN=C(n2cnc(C3CC3)n2)C=C2c3cccc(-c4ccc(F)cn4)c3CCN12. The average molecular weight is 414 g/mol. The summed E-state index contributed by atoms with van der Waals surface area (Å²) in [5, 5.41) is 4.58. The van der Waals surface area contributed by atoms with Gasteiger partial charge in [0.1, 0.15) is 18.7 Å². The molecule has 31 heavy (non-hydrogen) atoms. The number of benzene rings is 1. The van der Waals surface area contributed by atoms with Crippen molar-refractivity contribution in [2.75, 3.05) is 13.1 Å². The van der Waals surface area contributed by atoms with Crippen molar-refractivity contribution in [3.05, 3.63) is 71.7 Å². The Morgan fingerprint density at radius 3 is 2.74 bits per heavy atom.